The second kappa shape index (κ2) is 6.19. The molecule has 0 saturated heterocycles. The number of halogens is 2. The van der Waals surface area contributed by atoms with E-state index in [0.29, 0.717) is 21.2 Å². The predicted molar refractivity (Wildman–Crippen MR) is 78.6 cm³/mol. The SMILES string of the molecule is O=C(CCl)Nc1sccc1C(=O)c1ccc(Cl)cc1. The molecule has 1 heterocycles. The van der Waals surface area contributed by atoms with E-state index < -0.39 is 0 Å². The lowest BCUT2D eigenvalue weighted by Gasteiger charge is -2.04. The van der Waals surface area contributed by atoms with Crippen molar-refractivity contribution in [3.8, 4) is 0 Å². The number of benzene rings is 1. The molecular weight excluding hydrogens is 305 g/mol. The van der Waals surface area contributed by atoms with Crippen LogP contribution < -0.4 is 5.32 Å². The van der Waals surface area contributed by atoms with Crippen molar-refractivity contribution in [3.05, 3.63) is 51.9 Å². The van der Waals surface area contributed by atoms with Gasteiger partial charge < -0.3 is 5.32 Å². The minimum Gasteiger partial charge on any atom is -0.316 e. The van der Waals surface area contributed by atoms with Gasteiger partial charge in [0.05, 0.1) is 5.56 Å². The lowest BCUT2D eigenvalue weighted by atomic mass is 10.1. The van der Waals surface area contributed by atoms with Crippen LogP contribution in [0.15, 0.2) is 35.7 Å². The van der Waals surface area contributed by atoms with Crippen LogP contribution in [0.1, 0.15) is 15.9 Å². The van der Waals surface area contributed by atoms with Gasteiger partial charge in [0, 0.05) is 10.6 Å². The van der Waals surface area contributed by atoms with Crippen LogP contribution in [0.2, 0.25) is 5.02 Å². The maximum Gasteiger partial charge on any atom is 0.239 e. The van der Waals surface area contributed by atoms with E-state index in [1.165, 1.54) is 11.3 Å². The summed E-state index contributed by atoms with van der Waals surface area (Å²) in [5.74, 6) is -0.649. The smallest absolute Gasteiger partial charge is 0.239 e. The molecule has 0 bridgehead atoms. The molecule has 1 amide bonds. The molecule has 6 heteroatoms. The van der Waals surface area contributed by atoms with E-state index in [9.17, 15) is 9.59 Å². The van der Waals surface area contributed by atoms with E-state index in [-0.39, 0.29) is 17.6 Å². The molecule has 1 aromatic carbocycles. The fourth-order valence-corrected chi connectivity index (χ4v) is 2.50. The maximum absolute atomic E-state index is 12.3. The molecule has 0 unspecified atom stereocenters. The van der Waals surface area contributed by atoms with E-state index in [2.05, 4.69) is 5.32 Å². The van der Waals surface area contributed by atoms with Gasteiger partial charge in [-0.2, -0.15) is 0 Å². The molecule has 0 atom stereocenters. The Labute approximate surface area is 124 Å². The summed E-state index contributed by atoms with van der Waals surface area (Å²) in [4.78, 5) is 23.6. The number of alkyl halides is 1. The Morgan fingerprint density at radius 1 is 1.16 bits per heavy atom. The van der Waals surface area contributed by atoms with Crippen LogP contribution in [0.5, 0.6) is 0 Å². The summed E-state index contributed by atoms with van der Waals surface area (Å²) in [7, 11) is 0. The third kappa shape index (κ3) is 3.35. The molecule has 0 aliphatic carbocycles. The van der Waals surface area contributed by atoms with Crippen molar-refractivity contribution in [1.29, 1.82) is 0 Å². The molecule has 1 N–H and O–H groups in total. The Hall–Kier alpha value is -1.36. The number of anilines is 1. The lowest BCUT2D eigenvalue weighted by Crippen LogP contribution is -2.14. The molecule has 19 heavy (non-hydrogen) atoms. The number of amides is 1. The highest BCUT2D eigenvalue weighted by Crippen LogP contribution is 2.26. The van der Waals surface area contributed by atoms with E-state index in [1.807, 2.05) is 0 Å². The Morgan fingerprint density at radius 3 is 2.47 bits per heavy atom. The van der Waals surface area contributed by atoms with Crippen LogP contribution in [0.25, 0.3) is 0 Å². The Kier molecular flexibility index (Phi) is 4.58. The third-order valence-electron chi connectivity index (χ3n) is 2.39. The summed E-state index contributed by atoms with van der Waals surface area (Å²) in [6.45, 7) is 0. The topological polar surface area (TPSA) is 46.2 Å². The molecular formula is C13H9Cl2NO2S. The van der Waals surface area contributed by atoms with Gasteiger partial charge in [-0.3, -0.25) is 9.59 Å². The number of hydrogen-bond donors (Lipinski definition) is 1. The summed E-state index contributed by atoms with van der Waals surface area (Å²) >= 11 is 12.5. The van der Waals surface area contributed by atoms with Crippen LogP contribution >= 0.6 is 34.5 Å². The summed E-state index contributed by atoms with van der Waals surface area (Å²) in [5, 5.41) is 5.42. The highest BCUT2D eigenvalue weighted by atomic mass is 35.5. The van der Waals surface area contributed by atoms with Gasteiger partial charge in [-0.25, -0.2) is 0 Å². The standard InChI is InChI=1S/C13H9Cl2NO2S/c14-7-11(17)16-13-10(5-6-19-13)12(18)8-1-3-9(15)4-2-8/h1-6H,7H2,(H,16,17). The van der Waals surface area contributed by atoms with Crippen molar-refractivity contribution in [3.63, 3.8) is 0 Å². The van der Waals surface area contributed by atoms with Gasteiger partial charge in [0.15, 0.2) is 5.78 Å². The van der Waals surface area contributed by atoms with Crippen LogP contribution in [0, 0.1) is 0 Å². The minimum atomic E-state index is -0.339. The van der Waals surface area contributed by atoms with Crippen molar-refractivity contribution in [2.24, 2.45) is 0 Å². The first-order chi connectivity index (χ1) is 9.11. The Balaban J connectivity index is 2.27. The second-order valence-corrected chi connectivity index (χ2v) is 5.30. The number of carbonyl (C=O) groups excluding carboxylic acids is 2. The molecule has 2 aromatic rings. The zero-order valence-corrected chi connectivity index (χ0v) is 12.0. The van der Waals surface area contributed by atoms with Crippen molar-refractivity contribution in [2.45, 2.75) is 0 Å². The van der Waals surface area contributed by atoms with E-state index in [0.717, 1.165) is 0 Å². The number of carbonyl (C=O) groups is 2. The summed E-state index contributed by atoms with van der Waals surface area (Å²) in [6.07, 6.45) is 0. The highest BCUT2D eigenvalue weighted by molar-refractivity contribution is 7.14. The molecule has 1 aromatic heterocycles. The number of ketones is 1. The first-order valence-electron chi connectivity index (χ1n) is 5.35. The molecule has 0 fully saturated rings. The van der Waals surface area contributed by atoms with Crippen molar-refractivity contribution < 1.29 is 9.59 Å². The average molecular weight is 314 g/mol. The van der Waals surface area contributed by atoms with E-state index in [1.54, 1.807) is 35.7 Å². The predicted octanol–water partition coefficient (Wildman–Crippen LogP) is 3.81. The van der Waals surface area contributed by atoms with Crippen LogP contribution in [-0.4, -0.2) is 17.6 Å². The van der Waals surface area contributed by atoms with Gasteiger partial charge >= 0.3 is 0 Å². The maximum atomic E-state index is 12.3. The number of thiophene rings is 1. The molecule has 2 rings (SSSR count). The third-order valence-corrected chi connectivity index (χ3v) is 3.72. The molecule has 0 saturated carbocycles. The van der Waals surface area contributed by atoms with Crippen molar-refractivity contribution in [1.82, 2.24) is 0 Å². The summed E-state index contributed by atoms with van der Waals surface area (Å²) < 4.78 is 0. The van der Waals surface area contributed by atoms with Gasteiger partial charge in [-0.15, -0.1) is 22.9 Å². The number of rotatable bonds is 4. The molecule has 0 radical (unpaired) electrons. The van der Waals surface area contributed by atoms with Gasteiger partial charge in [0.25, 0.3) is 0 Å². The zero-order chi connectivity index (χ0) is 13.8. The van der Waals surface area contributed by atoms with Gasteiger partial charge in [-0.05, 0) is 35.7 Å². The Morgan fingerprint density at radius 2 is 1.84 bits per heavy atom. The van der Waals surface area contributed by atoms with Gasteiger partial charge in [-0.1, -0.05) is 11.6 Å². The molecule has 0 aliphatic heterocycles. The monoisotopic (exact) mass is 313 g/mol. The first-order valence-corrected chi connectivity index (χ1v) is 7.14. The Bertz CT molecular complexity index is 607. The fourth-order valence-electron chi connectivity index (χ4n) is 1.50. The summed E-state index contributed by atoms with van der Waals surface area (Å²) in [6, 6.07) is 8.27. The summed E-state index contributed by atoms with van der Waals surface area (Å²) in [5.41, 5.74) is 0.968. The molecule has 3 nitrogen and oxygen atoms in total. The van der Waals surface area contributed by atoms with Crippen molar-refractivity contribution >= 4 is 51.2 Å². The number of nitrogens with one attached hydrogen (secondary N) is 1. The van der Waals surface area contributed by atoms with E-state index in [4.69, 9.17) is 23.2 Å². The van der Waals surface area contributed by atoms with Crippen LogP contribution in [-0.2, 0) is 4.79 Å². The molecule has 0 spiro atoms. The fraction of sp³-hybridized carbons (Fsp3) is 0.0769. The largest absolute Gasteiger partial charge is 0.316 e. The normalized spacial score (nSPS) is 10.2. The zero-order valence-electron chi connectivity index (χ0n) is 9.65. The molecule has 0 aliphatic rings. The van der Waals surface area contributed by atoms with E-state index >= 15 is 0 Å². The second-order valence-electron chi connectivity index (χ2n) is 3.68. The minimum absolute atomic E-state index is 0.146. The quantitative estimate of drug-likeness (QED) is 0.689. The van der Waals surface area contributed by atoms with Crippen molar-refractivity contribution in [2.75, 3.05) is 11.2 Å². The van der Waals surface area contributed by atoms with Crippen LogP contribution in [0.3, 0.4) is 0 Å². The first kappa shape index (κ1) is 14.1. The number of hydrogen-bond acceptors (Lipinski definition) is 3. The highest BCUT2D eigenvalue weighted by Gasteiger charge is 2.16. The average Bonchev–Trinajstić information content (AvgIpc) is 2.86. The van der Waals surface area contributed by atoms with Crippen LogP contribution in [0.4, 0.5) is 5.00 Å². The van der Waals surface area contributed by atoms with Gasteiger partial charge in [0.1, 0.15) is 10.9 Å². The molecule has 98 valence electrons. The lowest BCUT2D eigenvalue weighted by molar-refractivity contribution is -0.113. The van der Waals surface area contributed by atoms with Gasteiger partial charge in [0.2, 0.25) is 5.91 Å².